The number of hydrogen-bond donors (Lipinski definition) is 1. The number of carbonyl (C=O) groups is 1. The third-order valence-corrected chi connectivity index (χ3v) is 11.8. The third-order valence-electron chi connectivity index (χ3n) is 7.17. The highest BCUT2D eigenvalue weighted by Gasteiger charge is 2.21. The normalized spacial score (nSPS) is 12.2. The predicted octanol–water partition coefficient (Wildman–Crippen LogP) is 8.02. The molecule has 5 aromatic rings. The van der Waals surface area contributed by atoms with Crippen molar-refractivity contribution in [2.75, 3.05) is 25.2 Å². The zero-order valence-electron chi connectivity index (χ0n) is 26.8. The molecule has 0 amide bonds. The SMILES string of the molecule is Cc1cc(N(C)c2nc(C(=O)O)c(CCCOc3ccc(I)cc3F)s2)nnc1/N=c1\sc2ccccc2n1COCC[Si](C)(C)C. The monoisotopic (exact) mass is 806 g/mol. The van der Waals surface area contributed by atoms with Gasteiger partial charge in [0.05, 0.1) is 16.8 Å². The lowest BCUT2D eigenvalue weighted by Gasteiger charge is -2.16. The van der Waals surface area contributed by atoms with Crippen molar-refractivity contribution >= 4 is 86.3 Å². The van der Waals surface area contributed by atoms with E-state index in [-0.39, 0.29) is 18.1 Å². The number of halogens is 2. The van der Waals surface area contributed by atoms with Crippen LogP contribution in [0.5, 0.6) is 5.75 Å². The number of ether oxygens (including phenoxy) is 2. The summed E-state index contributed by atoms with van der Waals surface area (Å²) in [6.45, 7) is 10.3. The van der Waals surface area contributed by atoms with E-state index in [0.29, 0.717) is 47.8 Å². The van der Waals surface area contributed by atoms with Gasteiger partial charge in [-0.2, -0.15) is 4.99 Å². The lowest BCUT2D eigenvalue weighted by Crippen LogP contribution is -2.23. The van der Waals surface area contributed by atoms with Crippen LogP contribution in [0.15, 0.2) is 53.5 Å². The maximum Gasteiger partial charge on any atom is 0.355 e. The minimum atomic E-state index is -1.21. The van der Waals surface area contributed by atoms with Crippen LogP contribution < -0.4 is 14.4 Å². The molecule has 47 heavy (non-hydrogen) atoms. The quantitative estimate of drug-likeness (QED) is 0.0682. The Morgan fingerprint density at radius 3 is 2.64 bits per heavy atom. The van der Waals surface area contributed by atoms with Crippen LogP contribution >= 0.6 is 45.3 Å². The minimum absolute atomic E-state index is 0.0185. The van der Waals surface area contributed by atoms with Gasteiger partial charge in [0.1, 0.15) is 6.73 Å². The van der Waals surface area contributed by atoms with Gasteiger partial charge in [0.25, 0.3) is 0 Å². The van der Waals surface area contributed by atoms with E-state index in [9.17, 15) is 14.3 Å². The molecule has 3 heterocycles. The topological polar surface area (TPSA) is 115 Å². The number of rotatable bonds is 14. The summed E-state index contributed by atoms with van der Waals surface area (Å²) in [7, 11) is 0.561. The Kier molecular flexibility index (Phi) is 11.4. The standard InChI is InChI=1S/C32H36FIN6O4S2Si/c1-20-17-27(37-38-29(20)36-32-40(19-43-15-16-47(3,4)5)23-9-6-7-10-25(23)45-32)39(2)31-35-28(30(41)42)26(46-31)11-8-14-44-24-13-12-21(34)18-22(24)33/h6-7,9-10,12-13,17-18H,8,11,14-16,19H2,1-5H3,(H,41,42)/b36-32-. The van der Waals surface area contributed by atoms with E-state index < -0.39 is 19.9 Å². The maximum atomic E-state index is 14.1. The van der Waals surface area contributed by atoms with E-state index in [4.69, 9.17) is 14.5 Å². The first kappa shape index (κ1) is 35.1. The molecular weight excluding hydrogens is 771 g/mol. The summed E-state index contributed by atoms with van der Waals surface area (Å²) in [5.41, 5.74) is 1.84. The molecule has 5 rings (SSSR count). The Bertz CT molecular complexity index is 1960. The molecule has 0 bridgehead atoms. The number of para-hydroxylation sites is 1. The number of aromatic carboxylic acids is 1. The van der Waals surface area contributed by atoms with Crippen LogP contribution in [0.2, 0.25) is 25.7 Å². The van der Waals surface area contributed by atoms with Crippen molar-refractivity contribution in [1.29, 1.82) is 0 Å². The van der Waals surface area contributed by atoms with Crippen LogP contribution in [-0.4, -0.2) is 59.2 Å². The van der Waals surface area contributed by atoms with E-state index in [1.165, 1.54) is 17.4 Å². The molecule has 0 spiro atoms. The van der Waals surface area contributed by atoms with Crippen molar-refractivity contribution in [2.24, 2.45) is 4.99 Å². The number of benzene rings is 2. The minimum Gasteiger partial charge on any atom is -0.491 e. The summed E-state index contributed by atoms with van der Waals surface area (Å²) in [5, 5.41) is 19.2. The molecule has 0 aliphatic carbocycles. The first-order valence-corrected chi connectivity index (χ1v) is 21.4. The molecule has 3 aromatic heterocycles. The lowest BCUT2D eigenvalue weighted by atomic mass is 10.2. The first-order chi connectivity index (χ1) is 22.4. The highest BCUT2D eigenvalue weighted by molar-refractivity contribution is 14.1. The number of anilines is 2. The number of nitrogens with zero attached hydrogens (tertiary/aromatic N) is 6. The molecule has 0 atom stereocenters. The molecule has 15 heteroatoms. The highest BCUT2D eigenvalue weighted by atomic mass is 127. The molecule has 0 aliphatic heterocycles. The predicted molar refractivity (Wildman–Crippen MR) is 196 cm³/mol. The number of aromatic nitrogens is 4. The average molecular weight is 807 g/mol. The highest BCUT2D eigenvalue weighted by Crippen LogP contribution is 2.32. The van der Waals surface area contributed by atoms with Gasteiger partial charge in [-0.15, -0.1) is 21.5 Å². The van der Waals surface area contributed by atoms with E-state index in [2.05, 4.69) is 51.5 Å². The van der Waals surface area contributed by atoms with Gasteiger partial charge in [-0.05, 0) is 90.4 Å². The first-order valence-electron chi connectivity index (χ1n) is 15.0. The molecule has 1 N–H and O–H groups in total. The Morgan fingerprint density at radius 2 is 1.91 bits per heavy atom. The van der Waals surface area contributed by atoms with Gasteiger partial charge >= 0.3 is 5.97 Å². The van der Waals surface area contributed by atoms with Crippen LogP contribution in [0.1, 0.15) is 27.3 Å². The number of thiazole rings is 2. The van der Waals surface area contributed by atoms with Crippen molar-refractivity contribution in [3.05, 3.63) is 78.9 Å². The maximum absolute atomic E-state index is 14.1. The molecule has 2 aromatic carbocycles. The number of aryl methyl sites for hydroxylation is 2. The molecule has 0 radical (unpaired) electrons. The van der Waals surface area contributed by atoms with Gasteiger partial charge in [0, 0.05) is 30.2 Å². The van der Waals surface area contributed by atoms with Crippen LogP contribution in [0, 0.1) is 16.3 Å². The van der Waals surface area contributed by atoms with Crippen LogP contribution in [0.3, 0.4) is 0 Å². The lowest BCUT2D eigenvalue weighted by molar-refractivity contribution is 0.0690. The second-order valence-corrected chi connectivity index (χ2v) is 21.0. The Balaban J connectivity index is 1.32. The Hall–Kier alpha value is -3.25. The van der Waals surface area contributed by atoms with Crippen molar-refractivity contribution in [3.8, 4) is 5.75 Å². The largest absolute Gasteiger partial charge is 0.491 e. The fourth-order valence-electron chi connectivity index (χ4n) is 4.52. The fourth-order valence-corrected chi connectivity index (χ4v) is 7.81. The molecule has 0 saturated heterocycles. The summed E-state index contributed by atoms with van der Waals surface area (Å²) in [4.78, 5) is 24.4. The second-order valence-electron chi connectivity index (χ2n) is 12.1. The van der Waals surface area contributed by atoms with Crippen molar-refractivity contribution < 1.29 is 23.8 Å². The van der Waals surface area contributed by atoms with Gasteiger partial charge in [-0.25, -0.2) is 14.2 Å². The van der Waals surface area contributed by atoms with Crippen LogP contribution in [-0.2, 0) is 17.9 Å². The summed E-state index contributed by atoms with van der Waals surface area (Å²) in [6.07, 6.45) is 0.909. The van der Waals surface area contributed by atoms with E-state index >= 15 is 0 Å². The van der Waals surface area contributed by atoms with Crippen LogP contribution in [0.4, 0.5) is 21.2 Å². The zero-order chi connectivity index (χ0) is 33.7. The van der Waals surface area contributed by atoms with Gasteiger partial charge in [0.15, 0.2) is 38.8 Å². The molecule has 0 unspecified atom stereocenters. The van der Waals surface area contributed by atoms with E-state index in [1.807, 2.05) is 47.7 Å². The molecule has 248 valence electrons. The van der Waals surface area contributed by atoms with Crippen molar-refractivity contribution in [3.63, 3.8) is 0 Å². The van der Waals surface area contributed by atoms with E-state index in [1.54, 1.807) is 35.4 Å². The summed E-state index contributed by atoms with van der Waals surface area (Å²) < 4.78 is 29.7. The van der Waals surface area contributed by atoms with E-state index in [0.717, 1.165) is 30.2 Å². The second kappa shape index (κ2) is 15.3. The molecule has 0 aliphatic rings. The van der Waals surface area contributed by atoms with Gasteiger partial charge in [0.2, 0.25) is 0 Å². The van der Waals surface area contributed by atoms with Crippen molar-refractivity contribution in [2.45, 2.75) is 52.2 Å². The third kappa shape index (κ3) is 9.01. The molecular formula is C32H36FIN6O4S2Si. The molecule has 0 fully saturated rings. The molecule has 0 saturated carbocycles. The average Bonchev–Trinajstić information content (AvgIpc) is 3.60. The van der Waals surface area contributed by atoms with Gasteiger partial charge < -0.3 is 19.5 Å². The number of fused-ring (bicyclic) bond motifs is 1. The summed E-state index contributed by atoms with van der Waals surface area (Å²) in [5.74, 6) is -0.371. The Morgan fingerprint density at radius 1 is 1.13 bits per heavy atom. The zero-order valence-corrected chi connectivity index (χ0v) is 31.6. The van der Waals surface area contributed by atoms with Gasteiger partial charge in [-0.3, -0.25) is 4.57 Å². The fraction of sp³-hybridized carbons (Fsp3) is 0.344. The summed E-state index contributed by atoms with van der Waals surface area (Å²) >= 11 is 4.87. The molecule has 10 nitrogen and oxygen atoms in total. The number of carboxylic acid groups (broad SMARTS) is 1. The Labute approximate surface area is 295 Å². The van der Waals surface area contributed by atoms with Gasteiger partial charge in [-0.1, -0.05) is 43.1 Å². The number of carboxylic acids is 1. The smallest absolute Gasteiger partial charge is 0.355 e. The van der Waals surface area contributed by atoms with Crippen molar-refractivity contribution in [1.82, 2.24) is 19.7 Å². The van der Waals surface area contributed by atoms with Crippen LogP contribution in [0.25, 0.3) is 10.2 Å². The number of hydrogen-bond acceptors (Lipinski definition) is 10. The summed E-state index contributed by atoms with van der Waals surface area (Å²) in [6, 6.07) is 15.9.